The minimum absolute atomic E-state index is 0.220. The van der Waals surface area contributed by atoms with Gasteiger partial charge >= 0.3 is 5.97 Å². The van der Waals surface area contributed by atoms with E-state index < -0.39 is 5.97 Å². The van der Waals surface area contributed by atoms with Gasteiger partial charge in [0.1, 0.15) is 0 Å². The number of unbranched alkanes of at least 4 members (excludes halogenated alkanes) is 4. The van der Waals surface area contributed by atoms with E-state index in [2.05, 4.69) is 6.92 Å². The number of carboxylic acids is 1. The molecule has 0 saturated heterocycles. The summed E-state index contributed by atoms with van der Waals surface area (Å²) in [7, 11) is 0. The molecule has 0 unspecified atom stereocenters. The molecule has 0 heterocycles. The molecular formula is C12H22O2. The van der Waals surface area contributed by atoms with Crippen LogP contribution in [0.4, 0.5) is 0 Å². The molecule has 0 aromatic rings. The van der Waals surface area contributed by atoms with Crippen LogP contribution >= 0.6 is 0 Å². The molecule has 0 atom stereocenters. The first-order chi connectivity index (χ1) is 6.68. The van der Waals surface area contributed by atoms with Gasteiger partial charge in [0.15, 0.2) is 0 Å². The Morgan fingerprint density at radius 1 is 1.21 bits per heavy atom. The highest BCUT2D eigenvalue weighted by atomic mass is 16.4. The Balaban J connectivity index is 2.03. The maximum atomic E-state index is 10.6. The normalized spacial score (nSPS) is 18.1. The van der Waals surface area contributed by atoms with Gasteiger partial charge in [-0.3, -0.25) is 4.79 Å². The van der Waals surface area contributed by atoms with E-state index >= 15 is 0 Å². The van der Waals surface area contributed by atoms with Crippen molar-refractivity contribution in [1.29, 1.82) is 0 Å². The molecule has 1 N–H and O–H groups in total. The molecule has 0 aromatic heterocycles. The van der Waals surface area contributed by atoms with Crippen molar-refractivity contribution in [3.05, 3.63) is 0 Å². The number of carbonyl (C=O) groups is 1. The monoisotopic (exact) mass is 198 g/mol. The van der Waals surface area contributed by atoms with E-state index in [9.17, 15) is 4.79 Å². The minimum atomic E-state index is -0.615. The van der Waals surface area contributed by atoms with Gasteiger partial charge < -0.3 is 5.11 Å². The van der Waals surface area contributed by atoms with Crippen molar-refractivity contribution in [2.24, 2.45) is 5.41 Å². The second-order valence-corrected chi connectivity index (χ2v) is 4.73. The van der Waals surface area contributed by atoms with Crippen LogP contribution in [0.1, 0.15) is 64.7 Å². The summed E-state index contributed by atoms with van der Waals surface area (Å²) >= 11 is 0. The van der Waals surface area contributed by atoms with Gasteiger partial charge in [0.25, 0.3) is 0 Å². The minimum Gasteiger partial charge on any atom is -0.481 e. The Labute approximate surface area is 86.7 Å². The lowest BCUT2D eigenvalue weighted by Gasteiger charge is -2.11. The van der Waals surface area contributed by atoms with Crippen molar-refractivity contribution in [3.8, 4) is 0 Å². The molecule has 14 heavy (non-hydrogen) atoms. The molecule has 0 aliphatic heterocycles. The van der Waals surface area contributed by atoms with Crippen LogP contribution in [0.25, 0.3) is 0 Å². The van der Waals surface area contributed by atoms with Gasteiger partial charge in [-0.15, -0.1) is 0 Å². The second-order valence-electron chi connectivity index (χ2n) is 4.73. The van der Waals surface area contributed by atoms with E-state index in [0.29, 0.717) is 6.42 Å². The van der Waals surface area contributed by atoms with Gasteiger partial charge in [0.05, 0.1) is 6.42 Å². The van der Waals surface area contributed by atoms with E-state index in [-0.39, 0.29) is 5.41 Å². The first-order valence-corrected chi connectivity index (χ1v) is 5.90. The third-order valence-electron chi connectivity index (χ3n) is 3.29. The van der Waals surface area contributed by atoms with E-state index in [1.807, 2.05) is 0 Å². The lowest BCUT2D eigenvalue weighted by atomic mass is 9.94. The van der Waals surface area contributed by atoms with Gasteiger partial charge in [-0.25, -0.2) is 0 Å². The molecule has 0 bridgehead atoms. The lowest BCUT2D eigenvalue weighted by molar-refractivity contribution is -0.138. The molecular weight excluding hydrogens is 176 g/mol. The molecule has 0 aromatic carbocycles. The Morgan fingerprint density at radius 2 is 1.86 bits per heavy atom. The summed E-state index contributed by atoms with van der Waals surface area (Å²) in [5.41, 5.74) is 0.220. The summed E-state index contributed by atoms with van der Waals surface area (Å²) in [6.07, 6.45) is 10.3. The zero-order chi connectivity index (χ0) is 10.4. The third kappa shape index (κ3) is 4.12. The molecule has 1 aliphatic rings. The van der Waals surface area contributed by atoms with Crippen molar-refractivity contribution in [1.82, 2.24) is 0 Å². The summed E-state index contributed by atoms with van der Waals surface area (Å²) < 4.78 is 0. The molecule has 82 valence electrons. The maximum Gasteiger partial charge on any atom is 0.303 e. The molecule has 2 nitrogen and oxygen atoms in total. The Bertz CT molecular complexity index is 183. The highest BCUT2D eigenvalue weighted by Crippen LogP contribution is 2.52. The average molecular weight is 198 g/mol. The van der Waals surface area contributed by atoms with E-state index in [4.69, 9.17) is 5.11 Å². The van der Waals surface area contributed by atoms with Crippen LogP contribution in [0, 0.1) is 5.41 Å². The van der Waals surface area contributed by atoms with Gasteiger partial charge in [-0.05, 0) is 24.7 Å². The van der Waals surface area contributed by atoms with Crippen LogP contribution in [-0.4, -0.2) is 11.1 Å². The summed E-state index contributed by atoms with van der Waals surface area (Å²) in [4.78, 5) is 10.6. The van der Waals surface area contributed by atoms with E-state index in [1.54, 1.807) is 0 Å². The van der Waals surface area contributed by atoms with Crippen molar-refractivity contribution >= 4 is 5.97 Å². The topological polar surface area (TPSA) is 37.3 Å². The SMILES string of the molecule is CCCCCCCC1(CC(=O)O)CC1. The average Bonchev–Trinajstić information content (AvgIpc) is 2.84. The van der Waals surface area contributed by atoms with Gasteiger partial charge in [-0.2, -0.15) is 0 Å². The predicted molar refractivity (Wildman–Crippen MR) is 57.3 cm³/mol. The highest BCUT2D eigenvalue weighted by molar-refractivity contribution is 5.68. The Hall–Kier alpha value is -0.530. The third-order valence-corrected chi connectivity index (χ3v) is 3.29. The Morgan fingerprint density at radius 3 is 2.36 bits per heavy atom. The molecule has 1 saturated carbocycles. The molecule has 1 rings (SSSR count). The molecule has 1 aliphatic carbocycles. The Kier molecular flexibility index (Phi) is 4.43. The fraction of sp³-hybridized carbons (Fsp3) is 0.917. The van der Waals surface area contributed by atoms with Crippen LogP contribution in [0.2, 0.25) is 0 Å². The highest BCUT2D eigenvalue weighted by Gasteiger charge is 2.43. The second kappa shape index (κ2) is 5.38. The standard InChI is InChI=1S/C12H22O2/c1-2-3-4-5-6-7-12(8-9-12)10-11(13)14/h2-10H2,1H3,(H,13,14). The maximum absolute atomic E-state index is 10.6. The molecule has 0 radical (unpaired) electrons. The number of aliphatic carboxylic acids is 1. The van der Waals surface area contributed by atoms with Crippen molar-refractivity contribution in [2.45, 2.75) is 64.7 Å². The zero-order valence-corrected chi connectivity index (χ0v) is 9.22. The van der Waals surface area contributed by atoms with Crippen LogP contribution in [0.15, 0.2) is 0 Å². The van der Waals surface area contributed by atoms with E-state index in [1.165, 1.54) is 32.1 Å². The zero-order valence-electron chi connectivity index (χ0n) is 9.22. The summed E-state index contributed by atoms with van der Waals surface area (Å²) in [5.74, 6) is -0.615. The fourth-order valence-electron chi connectivity index (χ4n) is 2.12. The van der Waals surface area contributed by atoms with Gasteiger partial charge in [0.2, 0.25) is 0 Å². The van der Waals surface area contributed by atoms with Gasteiger partial charge in [-0.1, -0.05) is 39.0 Å². The molecule has 2 heteroatoms. The first-order valence-electron chi connectivity index (χ1n) is 5.90. The number of carboxylic acid groups (broad SMARTS) is 1. The van der Waals surface area contributed by atoms with Crippen LogP contribution in [0.3, 0.4) is 0 Å². The molecule has 1 fully saturated rings. The smallest absolute Gasteiger partial charge is 0.303 e. The number of rotatable bonds is 8. The quantitative estimate of drug-likeness (QED) is 0.605. The molecule has 0 amide bonds. The lowest BCUT2D eigenvalue weighted by Crippen LogP contribution is -2.08. The first kappa shape index (κ1) is 11.5. The molecule has 0 spiro atoms. The van der Waals surface area contributed by atoms with E-state index in [0.717, 1.165) is 19.3 Å². The summed E-state index contributed by atoms with van der Waals surface area (Å²) in [6, 6.07) is 0. The van der Waals surface area contributed by atoms with Crippen molar-refractivity contribution < 1.29 is 9.90 Å². The predicted octanol–water partition coefficient (Wildman–Crippen LogP) is 3.60. The van der Waals surface area contributed by atoms with Crippen LogP contribution < -0.4 is 0 Å². The van der Waals surface area contributed by atoms with Crippen LogP contribution in [-0.2, 0) is 4.79 Å². The summed E-state index contributed by atoms with van der Waals surface area (Å²) in [5, 5.41) is 8.73. The largest absolute Gasteiger partial charge is 0.481 e. The van der Waals surface area contributed by atoms with Crippen molar-refractivity contribution in [2.75, 3.05) is 0 Å². The van der Waals surface area contributed by atoms with Crippen LogP contribution in [0.5, 0.6) is 0 Å². The van der Waals surface area contributed by atoms with Gasteiger partial charge in [0, 0.05) is 0 Å². The fourth-order valence-corrected chi connectivity index (χ4v) is 2.12. The summed E-state index contributed by atoms with van der Waals surface area (Å²) in [6.45, 7) is 2.22. The number of hydrogen-bond donors (Lipinski definition) is 1. The van der Waals surface area contributed by atoms with Crippen molar-refractivity contribution in [3.63, 3.8) is 0 Å². The number of hydrogen-bond acceptors (Lipinski definition) is 1.